The Morgan fingerprint density at radius 1 is 1.31 bits per heavy atom. The largest absolute Gasteiger partial charge is 0.396 e. The molecule has 1 aliphatic carbocycles. The zero-order valence-electron chi connectivity index (χ0n) is 10.2. The summed E-state index contributed by atoms with van der Waals surface area (Å²) in [6.45, 7) is 5.48. The lowest BCUT2D eigenvalue weighted by Crippen LogP contribution is -2.39. The molecule has 1 aliphatic rings. The first kappa shape index (κ1) is 11.5. The van der Waals surface area contributed by atoms with Gasteiger partial charge in [0.25, 0.3) is 0 Å². The molecule has 1 aromatic rings. The molecular weight excluding hydrogens is 198 g/mol. The Morgan fingerprint density at radius 3 is 2.62 bits per heavy atom. The van der Waals surface area contributed by atoms with Gasteiger partial charge in [0, 0.05) is 17.6 Å². The van der Waals surface area contributed by atoms with E-state index < -0.39 is 0 Å². The van der Waals surface area contributed by atoms with Gasteiger partial charge in [0.2, 0.25) is 0 Å². The van der Waals surface area contributed by atoms with E-state index in [9.17, 15) is 5.11 Å². The van der Waals surface area contributed by atoms with Gasteiger partial charge in [-0.05, 0) is 43.9 Å². The van der Waals surface area contributed by atoms with Gasteiger partial charge < -0.3 is 10.4 Å². The van der Waals surface area contributed by atoms with Gasteiger partial charge in [-0.25, -0.2) is 0 Å². The maximum absolute atomic E-state index is 9.40. The monoisotopic (exact) mass is 219 g/mol. The van der Waals surface area contributed by atoms with Gasteiger partial charge in [0.15, 0.2) is 0 Å². The minimum absolute atomic E-state index is 0.149. The van der Waals surface area contributed by atoms with Crippen LogP contribution in [0.15, 0.2) is 18.2 Å². The number of benzene rings is 1. The molecule has 0 unspecified atom stereocenters. The third-order valence-corrected chi connectivity index (χ3v) is 4.01. The summed E-state index contributed by atoms with van der Waals surface area (Å²) in [4.78, 5) is 0. The molecule has 0 saturated heterocycles. The van der Waals surface area contributed by atoms with Crippen molar-refractivity contribution in [3.63, 3.8) is 0 Å². The van der Waals surface area contributed by atoms with Crippen LogP contribution in [0, 0.1) is 19.3 Å². The van der Waals surface area contributed by atoms with Gasteiger partial charge in [-0.3, -0.25) is 0 Å². The highest BCUT2D eigenvalue weighted by Crippen LogP contribution is 2.40. The molecule has 0 bridgehead atoms. The average Bonchev–Trinajstić information content (AvgIpc) is 2.23. The van der Waals surface area contributed by atoms with E-state index in [0.29, 0.717) is 6.61 Å². The smallest absolute Gasteiger partial charge is 0.0504 e. The van der Waals surface area contributed by atoms with E-state index in [0.717, 1.165) is 19.4 Å². The Labute approximate surface area is 97.7 Å². The molecule has 0 aliphatic heterocycles. The third kappa shape index (κ3) is 2.07. The fourth-order valence-corrected chi connectivity index (χ4v) is 2.29. The van der Waals surface area contributed by atoms with Crippen LogP contribution in [0.25, 0.3) is 0 Å². The number of anilines is 1. The van der Waals surface area contributed by atoms with E-state index in [1.165, 1.54) is 23.2 Å². The Morgan fingerprint density at radius 2 is 2.06 bits per heavy atom. The van der Waals surface area contributed by atoms with Crippen LogP contribution >= 0.6 is 0 Å². The highest BCUT2D eigenvalue weighted by atomic mass is 16.3. The molecule has 16 heavy (non-hydrogen) atoms. The Kier molecular flexibility index (Phi) is 3.20. The first-order valence-corrected chi connectivity index (χ1v) is 6.08. The SMILES string of the molecule is Cc1cccc(NCC2(CO)CCC2)c1C. The van der Waals surface area contributed by atoms with Crippen molar-refractivity contribution in [1.29, 1.82) is 0 Å². The molecule has 1 aromatic carbocycles. The van der Waals surface area contributed by atoms with Crippen LogP contribution in [0.4, 0.5) is 5.69 Å². The van der Waals surface area contributed by atoms with Crippen LogP contribution in [-0.2, 0) is 0 Å². The third-order valence-electron chi connectivity index (χ3n) is 4.01. The summed E-state index contributed by atoms with van der Waals surface area (Å²) < 4.78 is 0. The minimum Gasteiger partial charge on any atom is -0.396 e. The quantitative estimate of drug-likeness (QED) is 0.816. The summed E-state index contributed by atoms with van der Waals surface area (Å²) in [5.74, 6) is 0. The standard InChI is InChI=1S/C14H21NO/c1-11-5-3-6-13(12(11)2)15-9-14(10-16)7-4-8-14/h3,5-6,15-16H,4,7-10H2,1-2H3. The van der Waals surface area contributed by atoms with E-state index in [4.69, 9.17) is 0 Å². The van der Waals surface area contributed by atoms with E-state index in [1.807, 2.05) is 0 Å². The maximum Gasteiger partial charge on any atom is 0.0504 e. The number of aliphatic hydroxyl groups is 1. The molecule has 2 nitrogen and oxygen atoms in total. The normalized spacial score (nSPS) is 17.9. The Balaban J connectivity index is 2.02. The summed E-state index contributed by atoms with van der Waals surface area (Å²) in [6, 6.07) is 6.33. The summed E-state index contributed by atoms with van der Waals surface area (Å²) >= 11 is 0. The highest BCUT2D eigenvalue weighted by Gasteiger charge is 2.35. The van der Waals surface area contributed by atoms with Crippen molar-refractivity contribution in [2.24, 2.45) is 5.41 Å². The molecule has 88 valence electrons. The van der Waals surface area contributed by atoms with Crippen molar-refractivity contribution in [3.05, 3.63) is 29.3 Å². The second-order valence-corrected chi connectivity index (χ2v) is 5.11. The molecule has 0 aromatic heterocycles. The zero-order valence-corrected chi connectivity index (χ0v) is 10.2. The van der Waals surface area contributed by atoms with Crippen LogP contribution in [0.3, 0.4) is 0 Å². The molecule has 1 fully saturated rings. The lowest BCUT2D eigenvalue weighted by Gasteiger charge is -2.40. The molecule has 1 saturated carbocycles. The van der Waals surface area contributed by atoms with Crippen molar-refractivity contribution < 1.29 is 5.11 Å². The minimum atomic E-state index is 0.149. The summed E-state index contributed by atoms with van der Waals surface area (Å²) in [5.41, 5.74) is 3.99. The molecule has 0 radical (unpaired) electrons. The molecule has 2 rings (SSSR count). The molecule has 0 spiro atoms. The second-order valence-electron chi connectivity index (χ2n) is 5.11. The number of nitrogens with one attached hydrogen (secondary N) is 1. The van der Waals surface area contributed by atoms with E-state index >= 15 is 0 Å². The van der Waals surface area contributed by atoms with Crippen molar-refractivity contribution >= 4 is 5.69 Å². The molecule has 2 heteroatoms. The number of hydrogen-bond donors (Lipinski definition) is 2. The summed E-state index contributed by atoms with van der Waals surface area (Å²) in [6.07, 6.45) is 3.57. The first-order valence-electron chi connectivity index (χ1n) is 6.08. The van der Waals surface area contributed by atoms with Gasteiger partial charge in [-0.15, -0.1) is 0 Å². The van der Waals surface area contributed by atoms with Gasteiger partial charge in [-0.2, -0.15) is 0 Å². The van der Waals surface area contributed by atoms with Crippen LogP contribution in [0.2, 0.25) is 0 Å². The lowest BCUT2D eigenvalue weighted by molar-refractivity contribution is 0.0576. The van der Waals surface area contributed by atoms with Gasteiger partial charge in [0.1, 0.15) is 0 Å². The summed E-state index contributed by atoms with van der Waals surface area (Å²) in [7, 11) is 0. The van der Waals surface area contributed by atoms with Crippen molar-refractivity contribution in [1.82, 2.24) is 0 Å². The van der Waals surface area contributed by atoms with Crippen LogP contribution in [0.1, 0.15) is 30.4 Å². The molecule has 0 heterocycles. The molecule has 2 N–H and O–H groups in total. The van der Waals surface area contributed by atoms with Crippen LogP contribution < -0.4 is 5.32 Å². The van der Waals surface area contributed by atoms with E-state index in [2.05, 4.69) is 37.4 Å². The van der Waals surface area contributed by atoms with Crippen LogP contribution in [-0.4, -0.2) is 18.3 Å². The maximum atomic E-state index is 9.40. The van der Waals surface area contributed by atoms with Gasteiger partial charge in [-0.1, -0.05) is 18.6 Å². The number of rotatable bonds is 4. The zero-order chi connectivity index (χ0) is 11.6. The first-order chi connectivity index (χ1) is 7.67. The number of aryl methyl sites for hydroxylation is 1. The highest BCUT2D eigenvalue weighted by molar-refractivity contribution is 5.53. The van der Waals surface area contributed by atoms with Crippen molar-refractivity contribution in [2.75, 3.05) is 18.5 Å². The van der Waals surface area contributed by atoms with Crippen LogP contribution in [0.5, 0.6) is 0 Å². The van der Waals surface area contributed by atoms with Crippen molar-refractivity contribution in [3.8, 4) is 0 Å². The van der Waals surface area contributed by atoms with E-state index in [-0.39, 0.29) is 5.41 Å². The molecular formula is C14H21NO. The molecule has 0 atom stereocenters. The Bertz CT molecular complexity index is 363. The summed E-state index contributed by atoms with van der Waals surface area (Å²) in [5, 5.41) is 12.9. The molecule has 0 amide bonds. The predicted molar refractivity (Wildman–Crippen MR) is 67.8 cm³/mol. The Hall–Kier alpha value is -1.02. The topological polar surface area (TPSA) is 32.3 Å². The predicted octanol–water partition coefficient (Wildman–Crippen LogP) is 2.88. The van der Waals surface area contributed by atoms with E-state index in [1.54, 1.807) is 0 Å². The lowest BCUT2D eigenvalue weighted by atomic mass is 9.69. The fraction of sp³-hybridized carbons (Fsp3) is 0.571. The second kappa shape index (κ2) is 4.46. The van der Waals surface area contributed by atoms with Gasteiger partial charge >= 0.3 is 0 Å². The fourth-order valence-electron chi connectivity index (χ4n) is 2.29. The average molecular weight is 219 g/mol. The van der Waals surface area contributed by atoms with Gasteiger partial charge in [0.05, 0.1) is 6.61 Å². The number of hydrogen-bond acceptors (Lipinski definition) is 2. The number of aliphatic hydroxyl groups excluding tert-OH is 1. The van der Waals surface area contributed by atoms with Crippen molar-refractivity contribution in [2.45, 2.75) is 33.1 Å².